The van der Waals surface area contributed by atoms with E-state index < -0.39 is 16.1 Å². The predicted molar refractivity (Wildman–Crippen MR) is 82.9 cm³/mol. The van der Waals surface area contributed by atoms with Crippen LogP contribution in [-0.4, -0.2) is 79.1 Å². The van der Waals surface area contributed by atoms with Crippen molar-refractivity contribution in [1.82, 2.24) is 19.1 Å². The Bertz CT molecular complexity index is 690. The van der Waals surface area contributed by atoms with Crippen LogP contribution in [0.2, 0.25) is 0 Å². The van der Waals surface area contributed by atoms with E-state index in [1.54, 1.807) is 14.1 Å². The zero-order valence-corrected chi connectivity index (χ0v) is 14.2. The van der Waals surface area contributed by atoms with Crippen molar-refractivity contribution in [3.63, 3.8) is 0 Å². The second-order valence-corrected chi connectivity index (χ2v) is 7.41. The molecule has 0 bridgehead atoms. The predicted octanol–water partition coefficient (Wildman–Crippen LogP) is -0.609. The van der Waals surface area contributed by atoms with Gasteiger partial charge in [0.2, 0.25) is 21.8 Å². The van der Waals surface area contributed by atoms with Crippen LogP contribution in [-0.2, 0) is 19.6 Å². The number of rotatable bonds is 3. The lowest BCUT2D eigenvalue weighted by molar-refractivity contribution is -0.138. The number of pyridine rings is 1. The highest BCUT2D eigenvalue weighted by Crippen LogP contribution is 2.22. The fraction of sp³-hybridized carbons (Fsp3) is 0.500. The molecule has 1 aromatic rings. The summed E-state index contributed by atoms with van der Waals surface area (Å²) >= 11 is 0. The number of sulfonamides is 1. The maximum atomic E-state index is 12.8. The van der Waals surface area contributed by atoms with Crippen LogP contribution in [0, 0.1) is 0 Å². The van der Waals surface area contributed by atoms with Gasteiger partial charge in [0.1, 0.15) is 10.9 Å². The Morgan fingerprint density at radius 2 is 2.00 bits per heavy atom. The van der Waals surface area contributed by atoms with Gasteiger partial charge in [-0.2, -0.15) is 4.31 Å². The number of piperazine rings is 1. The first-order chi connectivity index (χ1) is 10.7. The molecule has 126 valence electrons. The summed E-state index contributed by atoms with van der Waals surface area (Å²) in [6, 6.07) is 2.03. The van der Waals surface area contributed by atoms with Gasteiger partial charge in [-0.25, -0.2) is 8.42 Å². The molecule has 0 aromatic carbocycles. The van der Waals surface area contributed by atoms with Gasteiger partial charge >= 0.3 is 0 Å². The minimum Gasteiger partial charge on any atom is -0.347 e. The highest BCUT2D eigenvalue weighted by molar-refractivity contribution is 7.89. The molecule has 0 aliphatic carbocycles. The lowest BCUT2D eigenvalue weighted by atomic mass is 10.2. The van der Waals surface area contributed by atoms with Crippen LogP contribution in [0.1, 0.15) is 6.92 Å². The highest BCUT2D eigenvalue weighted by atomic mass is 32.2. The number of nitrogens with zero attached hydrogens (tertiary/aromatic N) is 4. The van der Waals surface area contributed by atoms with Gasteiger partial charge < -0.3 is 9.80 Å². The van der Waals surface area contributed by atoms with E-state index >= 15 is 0 Å². The van der Waals surface area contributed by atoms with Crippen molar-refractivity contribution in [3.05, 3.63) is 24.5 Å². The average molecular weight is 340 g/mol. The van der Waals surface area contributed by atoms with E-state index in [9.17, 15) is 18.0 Å². The Hall–Kier alpha value is -2.00. The maximum Gasteiger partial charge on any atom is 0.245 e. The molecular formula is C14H20N4O4S. The summed E-state index contributed by atoms with van der Waals surface area (Å²) < 4.78 is 26.8. The topological polar surface area (TPSA) is 90.9 Å². The van der Waals surface area contributed by atoms with Crippen molar-refractivity contribution in [3.8, 4) is 0 Å². The second-order valence-electron chi connectivity index (χ2n) is 5.52. The van der Waals surface area contributed by atoms with E-state index in [0.29, 0.717) is 0 Å². The summed E-state index contributed by atoms with van der Waals surface area (Å²) in [5.74, 6) is -0.539. The molecule has 0 spiro atoms. The summed E-state index contributed by atoms with van der Waals surface area (Å²) in [5.41, 5.74) is 0. The molecule has 1 aromatic heterocycles. The van der Waals surface area contributed by atoms with Crippen LogP contribution >= 0.6 is 0 Å². The third-order valence-electron chi connectivity index (χ3n) is 3.74. The Labute approximate surface area is 135 Å². The largest absolute Gasteiger partial charge is 0.347 e. The standard InChI is InChI=1S/C14H20N4O4S/c1-11(19)17-7-8-18(13(10-17)14(20)16(2)3)23(21,22)12-5-4-6-15-9-12/h4-6,9,13H,7-8,10H2,1-3H3/t13-/m0/s1. The molecule has 23 heavy (non-hydrogen) atoms. The molecular weight excluding hydrogens is 320 g/mol. The number of carbonyl (C=O) groups is 2. The van der Waals surface area contributed by atoms with Crippen molar-refractivity contribution in [1.29, 1.82) is 0 Å². The number of amides is 2. The summed E-state index contributed by atoms with van der Waals surface area (Å²) in [6.45, 7) is 1.78. The summed E-state index contributed by atoms with van der Waals surface area (Å²) in [5, 5.41) is 0. The molecule has 0 saturated carbocycles. The molecule has 0 N–H and O–H groups in total. The van der Waals surface area contributed by atoms with Crippen molar-refractivity contribution in [2.75, 3.05) is 33.7 Å². The number of carbonyl (C=O) groups excluding carboxylic acids is 2. The quantitative estimate of drug-likeness (QED) is 0.732. The smallest absolute Gasteiger partial charge is 0.245 e. The summed E-state index contributed by atoms with van der Waals surface area (Å²) in [4.78, 5) is 30.7. The molecule has 1 aliphatic heterocycles. The number of likely N-dealkylation sites (N-methyl/N-ethyl adjacent to an activating group) is 1. The lowest BCUT2D eigenvalue weighted by Gasteiger charge is -2.40. The molecule has 2 rings (SSSR count). The third kappa shape index (κ3) is 3.50. The third-order valence-corrected chi connectivity index (χ3v) is 5.64. The first-order valence-corrected chi connectivity index (χ1v) is 8.57. The van der Waals surface area contributed by atoms with Crippen molar-refractivity contribution < 1.29 is 18.0 Å². The van der Waals surface area contributed by atoms with Gasteiger partial charge in [-0.1, -0.05) is 0 Å². The Morgan fingerprint density at radius 3 is 2.52 bits per heavy atom. The van der Waals surface area contributed by atoms with E-state index in [1.165, 1.54) is 41.2 Å². The van der Waals surface area contributed by atoms with Crippen molar-refractivity contribution in [2.45, 2.75) is 17.9 Å². The van der Waals surface area contributed by atoms with Gasteiger partial charge in [0, 0.05) is 53.0 Å². The number of hydrogen-bond donors (Lipinski definition) is 0. The van der Waals surface area contributed by atoms with Crippen LogP contribution in [0.15, 0.2) is 29.4 Å². The van der Waals surface area contributed by atoms with Crippen molar-refractivity contribution in [2.24, 2.45) is 0 Å². The first kappa shape index (κ1) is 17.4. The van der Waals surface area contributed by atoms with E-state index in [1.807, 2.05) is 0 Å². The second kappa shape index (κ2) is 6.63. The highest BCUT2D eigenvalue weighted by Gasteiger charge is 2.41. The average Bonchev–Trinajstić information content (AvgIpc) is 2.54. The zero-order chi connectivity index (χ0) is 17.2. The number of aromatic nitrogens is 1. The Kier molecular flexibility index (Phi) is 5.00. The van der Waals surface area contributed by atoms with Gasteiger partial charge in [-0.15, -0.1) is 0 Å². The van der Waals surface area contributed by atoms with Gasteiger partial charge in [0.25, 0.3) is 0 Å². The minimum absolute atomic E-state index is 0.0350. The van der Waals surface area contributed by atoms with E-state index in [4.69, 9.17) is 0 Å². The molecule has 0 unspecified atom stereocenters. The van der Waals surface area contributed by atoms with Crippen LogP contribution in [0.5, 0.6) is 0 Å². The fourth-order valence-electron chi connectivity index (χ4n) is 2.47. The molecule has 1 aliphatic rings. The Morgan fingerprint density at radius 1 is 1.30 bits per heavy atom. The van der Waals surface area contributed by atoms with Crippen LogP contribution in [0.3, 0.4) is 0 Å². The molecule has 1 fully saturated rings. The van der Waals surface area contributed by atoms with Gasteiger partial charge in [-0.05, 0) is 12.1 Å². The van der Waals surface area contributed by atoms with E-state index in [0.717, 1.165) is 4.31 Å². The van der Waals surface area contributed by atoms with E-state index in [-0.39, 0.29) is 36.3 Å². The van der Waals surface area contributed by atoms with Crippen LogP contribution < -0.4 is 0 Å². The lowest BCUT2D eigenvalue weighted by Crippen LogP contribution is -2.60. The fourth-order valence-corrected chi connectivity index (χ4v) is 4.00. The zero-order valence-electron chi connectivity index (χ0n) is 13.3. The summed E-state index contributed by atoms with van der Waals surface area (Å²) in [6.07, 6.45) is 2.74. The van der Waals surface area contributed by atoms with E-state index in [2.05, 4.69) is 4.98 Å². The van der Waals surface area contributed by atoms with Gasteiger partial charge in [0.15, 0.2) is 0 Å². The Balaban J connectivity index is 2.39. The normalized spacial score (nSPS) is 19.4. The molecule has 8 nitrogen and oxygen atoms in total. The number of hydrogen-bond acceptors (Lipinski definition) is 5. The van der Waals surface area contributed by atoms with Crippen LogP contribution in [0.4, 0.5) is 0 Å². The molecule has 1 atom stereocenters. The van der Waals surface area contributed by atoms with Gasteiger partial charge in [0.05, 0.1) is 0 Å². The molecule has 2 amide bonds. The van der Waals surface area contributed by atoms with Crippen LogP contribution in [0.25, 0.3) is 0 Å². The molecule has 9 heteroatoms. The molecule has 2 heterocycles. The minimum atomic E-state index is -3.85. The monoisotopic (exact) mass is 340 g/mol. The maximum absolute atomic E-state index is 12.8. The first-order valence-electron chi connectivity index (χ1n) is 7.13. The molecule has 0 radical (unpaired) electrons. The van der Waals surface area contributed by atoms with Crippen molar-refractivity contribution >= 4 is 21.8 Å². The molecule has 1 saturated heterocycles. The van der Waals surface area contributed by atoms with Gasteiger partial charge in [-0.3, -0.25) is 14.6 Å². The summed E-state index contributed by atoms with van der Waals surface area (Å²) in [7, 11) is -0.735. The SMILES string of the molecule is CC(=O)N1CCN(S(=O)(=O)c2cccnc2)[C@H](C(=O)N(C)C)C1.